The first-order valence-corrected chi connectivity index (χ1v) is 5.62. The molecular weight excluding hydrogens is 250 g/mol. The summed E-state index contributed by atoms with van der Waals surface area (Å²) in [5.41, 5.74) is 6.11. The second-order valence-electron chi connectivity index (χ2n) is 3.82. The minimum Gasteiger partial charge on any atom is -0.481 e. The smallest absolute Gasteiger partial charge is 0.319 e. The molecule has 0 aliphatic carbocycles. The van der Waals surface area contributed by atoms with Gasteiger partial charge in [-0.3, -0.25) is 9.59 Å². The van der Waals surface area contributed by atoms with Crippen LogP contribution >= 0.6 is 0 Å². The molecule has 1 aromatic carbocycles. The fourth-order valence-corrected chi connectivity index (χ4v) is 1.44. The Bertz CT molecular complexity index is 488. The molecule has 0 aromatic heterocycles. The molecule has 0 saturated heterocycles. The molecule has 0 aliphatic rings. The van der Waals surface area contributed by atoms with Gasteiger partial charge in [0.25, 0.3) is 0 Å². The number of urea groups is 1. The van der Waals surface area contributed by atoms with Crippen LogP contribution in [0.4, 0.5) is 10.5 Å². The predicted molar refractivity (Wildman–Crippen MR) is 68.6 cm³/mol. The Morgan fingerprint density at radius 1 is 1.21 bits per heavy atom. The zero-order chi connectivity index (χ0) is 14.3. The summed E-state index contributed by atoms with van der Waals surface area (Å²) in [5.74, 6) is -1.55. The van der Waals surface area contributed by atoms with Crippen LogP contribution in [0.3, 0.4) is 0 Å². The van der Waals surface area contributed by atoms with Gasteiger partial charge in [0.05, 0.1) is 6.54 Å². The van der Waals surface area contributed by atoms with Crippen LogP contribution in [0.1, 0.15) is 12.0 Å². The number of carbonyl (C=O) groups excluding carboxylic acids is 2. The van der Waals surface area contributed by atoms with Crippen LogP contribution in [0.25, 0.3) is 0 Å². The molecular formula is C12H15N3O4. The van der Waals surface area contributed by atoms with Gasteiger partial charge in [-0.15, -0.1) is 0 Å². The fraction of sp³-hybridized carbons (Fsp3) is 0.250. The first kappa shape index (κ1) is 14.5. The molecule has 0 radical (unpaired) electrons. The van der Waals surface area contributed by atoms with Gasteiger partial charge in [0.15, 0.2) is 0 Å². The average Bonchev–Trinajstić information content (AvgIpc) is 2.35. The van der Waals surface area contributed by atoms with Gasteiger partial charge in [0.1, 0.15) is 0 Å². The second-order valence-corrected chi connectivity index (χ2v) is 3.82. The normalized spacial score (nSPS) is 9.68. The van der Waals surface area contributed by atoms with Crippen molar-refractivity contribution in [2.45, 2.75) is 12.8 Å². The third kappa shape index (κ3) is 5.53. The molecule has 19 heavy (non-hydrogen) atoms. The number of carboxylic acid groups (broad SMARTS) is 1. The number of anilines is 1. The number of amides is 3. The number of rotatable bonds is 6. The van der Waals surface area contributed by atoms with E-state index in [1.807, 2.05) is 0 Å². The standard InChI is InChI=1S/C12H15N3O4/c13-10(16)7-14-12(19)15-9-4-2-1-3-8(9)5-6-11(17)18/h1-4H,5-7H2,(H2,13,16)(H,17,18)(H2,14,15,19). The lowest BCUT2D eigenvalue weighted by Crippen LogP contribution is -2.36. The van der Waals surface area contributed by atoms with E-state index >= 15 is 0 Å². The summed E-state index contributed by atoms with van der Waals surface area (Å²) in [6.07, 6.45) is 0.281. The maximum atomic E-state index is 11.5. The number of nitrogens with one attached hydrogen (secondary N) is 2. The van der Waals surface area contributed by atoms with Crippen molar-refractivity contribution in [3.63, 3.8) is 0 Å². The van der Waals surface area contributed by atoms with E-state index in [9.17, 15) is 14.4 Å². The van der Waals surface area contributed by atoms with E-state index in [2.05, 4.69) is 10.6 Å². The van der Waals surface area contributed by atoms with Crippen LogP contribution in [-0.2, 0) is 16.0 Å². The zero-order valence-electron chi connectivity index (χ0n) is 10.2. The Kier molecular flexibility index (Phi) is 5.34. The van der Waals surface area contributed by atoms with E-state index in [4.69, 9.17) is 10.8 Å². The number of benzene rings is 1. The van der Waals surface area contributed by atoms with Gasteiger partial charge in [0.2, 0.25) is 5.91 Å². The lowest BCUT2D eigenvalue weighted by atomic mass is 10.1. The van der Waals surface area contributed by atoms with Gasteiger partial charge in [-0.2, -0.15) is 0 Å². The van der Waals surface area contributed by atoms with Crippen LogP contribution in [0.15, 0.2) is 24.3 Å². The van der Waals surface area contributed by atoms with Crippen LogP contribution in [0, 0.1) is 0 Å². The molecule has 1 rings (SSSR count). The molecule has 1 aromatic rings. The fourth-order valence-electron chi connectivity index (χ4n) is 1.44. The molecule has 0 spiro atoms. The van der Waals surface area contributed by atoms with Gasteiger partial charge in [-0.25, -0.2) is 4.79 Å². The largest absolute Gasteiger partial charge is 0.481 e. The number of hydrogen-bond acceptors (Lipinski definition) is 3. The van der Waals surface area contributed by atoms with Crippen molar-refractivity contribution in [2.75, 3.05) is 11.9 Å². The van der Waals surface area contributed by atoms with Crippen molar-refractivity contribution in [2.24, 2.45) is 5.73 Å². The van der Waals surface area contributed by atoms with Crippen molar-refractivity contribution in [1.82, 2.24) is 5.32 Å². The Labute approximate surface area is 109 Å². The maximum absolute atomic E-state index is 11.5. The average molecular weight is 265 g/mol. The third-order valence-corrected chi connectivity index (χ3v) is 2.30. The summed E-state index contributed by atoms with van der Waals surface area (Å²) in [6, 6.07) is 6.28. The Morgan fingerprint density at radius 3 is 2.53 bits per heavy atom. The highest BCUT2D eigenvalue weighted by molar-refractivity contribution is 5.92. The maximum Gasteiger partial charge on any atom is 0.319 e. The molecule has 0 aliphatic heterocycles. The number of para-hydroxylation sites is 1. The van der Waals surface area contributed by atoms with E-state index in [-0.39, 0.29) is 13.0 Å². The highest BCUT2D eigenvalue weighted by Crippen LogP contribution is 2.16. The lowest BCUT2D eigenvalue weighted by molar-refractivity contribution is -0.137. The van der Waals surface area contributed by atoms with Crippen LogP contribution in [0.2, 0.25) is 0 Å². The third-order valence-electron chi connectivity index (χ3n) is 2.30. The molecule has 102 valence electrons. The lowest BCUT2D eigenvalue weighted by Gasteiger charge is -2.10. The molecule has 0 unspecified atom stereocenters. The minimum absolute atomic E-state index is 0.0262. The number of hydrogen-bond donors (Lipinski definition) is 4. The topological polar surface area (TPSA) is 122 Å². The van der Waals surface area contributed by atoms with Crippen LogP contribution in [-0.4, -0.2) is 29.6 Å². The summed E-state index contributed by atoms with van der Waals surface area (Å²) >= 11 is 0. The molecule has 3 amide bonds. The molecule has 7 nitrogen and oxygen atoms in total. The molecule has 7 heteroatoms. The van der Waals surface area contributed by atoms with E-state index in [0.717, 1.165) is 0 Å². The molecule has 0 fully saturated rings. The summed E-state index contributed by atoms with van der Waals surface area (Å²) in [5, 5.41) is 13.5. The van der Waals surface area contributed by atoms with Gasteiger partial charge in [-0.1, -0.05) is 18.2 Å². The van der Waals surface area contributed by atoms with Gasteiger partial charge < -0.3 is 21.5 Å². The number of primary amides is 1. The molecule has 5 N–H and O–H groups in total. The Hall–Kier alpha value is -2.57. The molecule has 0 bridgehead atoms. The van der Waals surface area contributed by atoms with E-state index < -0.39 is 17.9 Å². The zero-order valence-corrected chi connectivity index (χ0v) is 10.2. The second kappa shape index (κ2) is 7.00. The molecule has 0 saturated carbocycles. The first-order chi connectivity index (χ1) is 8.99. The summed E-state index contributed by atoms with van der Waals surface area (Å²) in [7, 11) is 0. The first-order valence-electron chi connectivity index (χ1n) is 5.62. The van der Waals surface area contributed by atoms with Crippen molar-refractivity contribution < 1.29 is 19.5 Å². The van der Waals surface area contributed by atoms with E-state index in [1.165, 1.54) is 0 Å². The minimum atomic E-state index is -0.909. The van der Waals surface area contributed by atoms with E-state index in [1.54, 1.807) is 24.3 Å². The number of nitrogens with two attached hydrogens (primary N) is 1. The summed E-state index contributed by atoms with van der Waals surface area (Å²) in [4.78, 5) is 32.5. The Balaban J connectivity index is 2.64. The molecule has 0 heterocycles. The highest BCUT2D eigenvalue weighted by Gasteiger charge is 2.08. The van der Waals surface area contributed by atoms with Gasteiger partial charge >= 0.3 is 12.0 Å². The van der Waals surface area contributed by atoms with Crippen molar-refractivity contribution >= 4 is 23.6 Å². The Morgan fingerprint density at radius 2 is 1.89 bits per heavy atom. The van der Waals surface area contributed by atoms with Crippen molar-refractivity contribution in [3.05, 3.63) is 29.8 Å². The highest BCUT2D eigenvalue weighted by atomic mass is 16.4. The monoisotopic (exact) mass is 265 g/mol. The van der Waals surface area contributed by atoms with E-state index in [0.29, 0.717) is 17.7 Å². The SMILES string of the molecule is NC(=O)CNC(=O)Nc1ccccc1CCC(=O)O. The van der Waals surface area contributed by atoms with Gasteiger partial charge in [-0.05, 0) is 18.1 Å². The quantitative estimate of drug-likeness (QED) is 0.591. The summed E-state index contributed by atoms with van der Waals surface area (Å²) in [6.45, 7) is -0.261. The number of aryl methyl sites for hydroxylation is 1. The van der Waals surface area contributed by atoms with Crippen molar-refractivity contribution in [3.8, 4) is 0 Å². The number of carboxylic acids is 1. The molecule has 0 atom stereocenters. The number of carbonyl (C=O) groups is 3. The van der Waals surface area contributed by atoms with Crippen LogP contribution in [0.5, 0.6) is 0 Å². The van der Waals surface area contributed by atoms with Crippen LogP contribution < -0.4 is 16.4 Å². The predicted octanol–water partition coefficient (Wildman–Crippen LogP) is 0.311. The summed E-state index contributed by atoms with van der Waals surface area (Å²) < 4.78 is 0. The van der Waals surface area contributed by atoms with Gasteiger partial charge in [0, 0.05) is 12.1 Å². The number of aliphatic carboxylic acids is 1. The van der Waals surface area contributed by atoms with Crippen molar-refractivity contribution in [1.29, 1.82) is 0 Å².